The summed E-state index contributed by atoms with van der Waals surface area (Å²) in [6, 6.07) is 21.6. The van der Waals surface area contributed by atoms with Crippen LogP contribution < -0.4 is 21.3 Å². The molecule has 2 amide bonds. The largest absolute Gasteiger partial charge is 0.508 e. The van der Waals surface area contributed by atoms with Gasteiger partial charge < -0.3 is 57.0 Å². The number of pyridine rings is 2. The van der Waals surface area contributed by atoms with Crippen LogP contribution >= 0.6 is 0 Å². The van der Waals surface area contributed by atoms with Crippen molar-refractivity contribution in [1.82, 2.24) is 50.6 Å². The van der Waals surface area contributed by atoms with Crippen LogP contribution in [0.4, 0.5) is 11.4 Å². The molecule has 28 nitrogen and oxygen atoms in total. The molecule has 8 aromatic rings. The van der Waals surface area contributed by atoms with Crippen molar-refractivity contribution in [3.63, 3.8) is 0 Å². The molecular weight excluding hydrogens is 1040 g/mol. The Morgan fingerprint density at radius 2 is 0.925 bits per heavy atom. The number of aromatic carboxylic acids is 3. The Morgan fingerprint density at radius 3 is 1.31 bits per heavy atom. The highest BCUT2D eigenvalue weighted by Crippen LogP contribution is 2.29. The second-order valence-electron chi connectivity index (χ2n) is 17.2. The summed E-state index contributed by atoms with van der Waals surface area (Å²) in [5.41, 5.74) is 17.2. The molecule has 80 heavy (non-hydrogen) atoms. The number of hydrogen-bond donors (Lipinski definition) is 13. The van der Waals surface area contributed by atoms with Gasteiger partial charge in [0.2, 0.25) is 0 Å². The fraction of sp³-hybridized carbons (Fsp3) is 0.0962. The number of anilines is 2. The first-order valence-corrected chi connectivity index (χ1v) is 23.5. The van der Waals surface area contributed by atoms with Gasteiger partial charge in [-0.1, -0.05) is 16.5 Å². The van der Waals surface area contributed by atoms with Crippen molar-refractivity contribution in [1.29, 1.82) is 11.1 Å². The van der Waals surface area contributed by atoms with E-state index in [1.54, 1.807) is 19.1 Å². The number of phenols is 4. The van der Waals surface area contributed by atoms with Crippen molar-refractivity contribution < 1.29 is 59.7 Å². The Kier molecular flexibility index (Phi) is 16.3. The lowest BCUT2D eigenvalue weighted by Crippen LogP contribution is -2.27. The highest BCUT2D eigenvalue weighted by Gasteiger charge is 2.20. The summed E-state index contributed by atoms with van der Waals surface area (Å²) in [5, 5.41) is 104. The molecule has 8 rings (SSSR count). The molecular formula is C52H44N16O12. The van der Waals surface area contributed by atoms with Crippen LogP contribution in [-0.4, -0.2) is 119 Å². The first-order valence-electron chi connectivity index (χ1n) is 23.5. The summed E-state index contributed by atoms with van der Waals surface area (Å²) in [6.07, 6.45) is 6.14. The smallest absolute Gasteiger partial charge is 0.339 e. The van der Waals surface area contributed by atoms with Gasteiger partial charge in [-0.15, -0.1) is 10.2 Å². The average Bonchev–Trinajstić information content (AvgIpc) is 4.16. The van der Waals surface area contributed by atoms with Crippen LogP contribution in [0.2, 0.25) is 0 Å². The number of aromatic nitrogens is 8. The van der Waals surface area contributed by atoms with E-state index >= 15 is 0 Å². The van der Waals surface area contributed by atoms with Crippen molar-refractivity contribution in [3.05, 3.63) is 167 Å². The number of amides is 2. The maximum Gasteiger partial charge on any atom is 0.339 e. The Bertz CT molecular complexity index is 3850. The molecule has 404 valence electrons. The molecule has 0 aliphatic carbocycles. The van der Waals surface area contributed by atoms with Crippen LogP contribution in [0, 0.1) is 18.0 Å². The molecule has 0 aliphatic rings. The molecule has 0 saturated heterocycles. The number of hydrogen-bond acceptors (Lipinski definition) is 21. The minimum absolute atomic E-state index is 0.0105. The van der Waals surface area contributed by atoms with E-state index in [1.807, 2.05) is 0 Å². The summed E-state index contributed by atoms with van der Waals surface area (Å²) in [4.78, 5) is 71.2. The van der Waals surface area contributed by atoms with E-state index in [0.29, 0.717) is 24.1 Å². The van der Waals surface area contributed by atoms with Crippen LogP contribution in [0.5, 0.6) is 23.0 Å². The summed E-state index contributed by atoms with van der Waals surface area (Å²) >= 11 is 0. The number of nitrogens with zero attached hydrogens (tertiary/aromatic N) is 10. The summed E-state index contributed by atoms with van der Waals surface area (Å²) < 4.78 is 2.49. The molecule has 0 spiro atoms. The monoisotopic (exact) mass is 1080 g/mol. The fourth-order valence-electron chi connectivity index (χ4n) is 7.54. The third-order valence-electron chi connectivity index (χ3n) is 11.8. The van der Waals surface area contributed by atoms with E-state index in [1.165, 1.54) is 113 Å². The van der Waals surface area contributed by atoms with Crippen LogP contribution in [0.15, 0.2) is 132 Å². The number of rotatable bonds is 22. The third kappa shape index (κ3) is 12.7. The maximum absolute atomic E-state index is 13.8. The van der Waals surface area contributed by atoms with Crippen LogP contribution in [0.3, 0.4) is 0 Å². The Hall–Kier alpha value is -11.7. The molecule has 0 atom stereocenters. The number of carbonyl (C=O) groups is 5. The van der Waals surface area contributed by atoms with Gasteiger partial charge in [0, 0.05) is 72.3 Å². The zero-order valence-corrected chi connectivity index (χ0v) is 41.5. The second kappa shape index (κ2) is 23.9. The molecule has 0 saturated carbocycles. The minimum atomic E-state index is -1.35. The topological polar surface area (TPSA) is 435 Å². The predicted octanol–water partition coefficient (Wildman–Crippen LogP) is 7.02. The fourth-order valence-corrected chi connectivity index (χ4v) is 7.54. The van der Waals surface area contributed by atoms with Crippen LogP contribution in [0.1, 0.15) is 81.6 Å². The quantitative estimate of drug-likeness (QED) is 0.0239. The van der Waals surface area contributed by atoms with Crippen molar-refractivity contribution in [2.75, 3.05) is 23.7 Å². The molecule has 4 aromatic heterocycles. The standard InChI is InChI=1S/C52H44N16O12/c1-26-4-5-29(18-44(26)69)57-22-40(61-53)36-14-27(16-38(59-36)42-24-67(65-63-42)31-7-10-34(51(77)78)46(71)20-31)48(73)55-12-2-3-13-56-49(74)28-15-37(41(62-54)23-58-30-6-9-33(50(75)76)45(70)19-30)60-39(17-28)43-25-68(66-64-43)32-8-11-35(52(79)80)47(72)21-32/h4-11,14-25,53-54,57-58,69-72H,2-3,12-13H2,1H3,(H,55,73)(H,56,74)(H,75,76)(H,77,78)(H,79,80)/b40-22-,41-23-,61-53?,62-54?. The van der Waals surface area contributed by atoms with E-state index in [0.717, 1.165) is 6.07 Å². The zero-order chi connectivity index (χ0) is 57.2. The third-order valence-corrected chi connectivity index (χ3v) is 11.8. The zero-order valence-electron chi connectivity index (χ0n) is 41.5. The number of carboxylic acids is 3. The van der Waals surface area contributed by atoms with E-state index < -0.39 is 47.0 Å². The number of phenolic OH excluding ortho intramolecular Hbond substituents is 1. The summed E-state index contributed by atoms with van der Waals surface area (Å²) in [5.74, 6) is -6.72. The Labute approximate surface area is 450 Å². The van der Waals surface area contributed by atoms with Crippen molar-refractivity contribution in [2.45, 2.75) is 19.8 Å². The number of nitrogens with one attached hydrogen (secondary N) is 6. The van der Waals surface area contributed by atoms with Gasteiger partial charge in [0.05, 0.1) is 46.5 Å². The summed E-state index contributed by atoms with van der Waals surface area (Å²) in [6.45, 7) is 1.95. The number of carboxylic acid groups (broad SMARTS) is 3. The van der Waals surface area contributed by atoms with Gasteiger partial charge in [-0.3, -0.25) is 9.59 Å². The van der Waals surface area contributed by atoms with E-state index in [4.69, 9.17) is 11.1 Å². The maximum atomic E-state index is 13.8. The van der Waals surface area contributed by atoms with Gasteiger partial charge in [-0.05, 0) is 92.1 Å². The number of benzene rings is 4. The molecule has 0 bridgehead atoms. The van der Waals surface area contributed by atoms with E-state index in [9.17, 15) is 59.7 Å². The van der Waals surface area contributed by atoms with Gasteiger partial charge in [0.25, 0.3) is 11.8 Å². The predicted molar refractivity (Wildman–Crippen MR) is 282 cm³/mol. The van der Waals surface area contributed by atoms with Crippen LogP contribution in [0.25, 0.3) is 45.5 Å². The highest BCUT2D eigenvalue weighted by molar-refractivity contribution is 5.97. The van der Waals surface area contributed by atoms with Gasteiger partial charge in [-0.2, -0.15) is 10.2 Å². The van der Waals surface area contributed by atoms with Crippen molar-refractivity contribution in [3.8, 4) is 57.1 Å². The Morgan fingerprint density at radius 1 is 0.525 bits per heavy atom. The highest BCUT2D eigenvalue weighted by atomic mass is 16.4. The average molecular weight is 1090 g/mol. The first-order chi connectivity index (χ1) is 38.4. The molecule has 13 N–H and O–H groups in total. The van der Waals surface area contributed by atoms with Gasteiger partial charge in [-0.25, -0.2) is 44.8 Å². The molecule has 28 heteroatoms. The van der Waals surface area contributed by atoms with Crippen molar-refractivity contribution in [2.24, 2.45) is 10.2 Å². The van der Waals surface area contributed by atoms with Gasteiger partial charge in [0.15, 0.2) is 0 Å². The minimum Gasteiger partial charge on any atom is -0.508 e. The number of aryl methyl sites for hydroxylation is 1. The lowest BCUT2D eigenvalue weighted by atomic mass is 10.1. The number of carbonyl (C=O) groups excluding carboxylic acids is 2. The molecule has 0 unspecified atom stereocenters. The molecule has 0 aliphatic heterocycles. The molecule has 0 radical (unpaired) electrons. The van der Waals surface area contributed by atoms with E-state index in [-0.39, 0.29) is 109 Å². The van der Waals surface area contributed by atoms with Crippen molar-refractivity contribution >= 4 is 52.5 Å². The molecule has 0 fully saturated rings. The lowest BCUT2D eigenvalue weighted by molar-refractivity contribution is 0.0682. The number of aromatic hydroxyl groups is 4. The SMILES string of the molecule is Cc1ccc(N/C=C(\N=N)c2cc(C(=O)NCCCCNC(=O)c3cc(/C(=C/Nc4ccc(C(=O)O)c(O)c4)N=N)nc(-c4cn(-c5ccc(C(=O)O)c(O)c5)nn4)c3)cc(-c3cn(-c4ccc(C(=O)O)c(O)c4)nn3)n2)cc1O. The first kappa shape index (κ1) is 54.5. The Balaban J connectivity index is 0.984. The summed E-state index contributed by atoms with van der Waals surface area (Å²) in [7, 11) is 0. The van der Waals surface area contributed by atoms with Gasteiger partial charge >= 0.3 is 17.9 Å². The van der Waals surface area contributed by atoms with Crippen LogP contribution in [-0.2, 0) is 0 Å². The normalized spacial score (nSPS) is 11.4. The lowest BCUT2D eigenvalue weighted by Gasteiger charge is -2.11. The van der Waals surface area contributed by atoms with Gasteiger partial charge in [0.1, 0.15) is 62.5 Å². The van der Waals surface area contributed by atoms with E-state index in [2.05, 4.69) is 62.1 Å². The second-order valence-corrected chi connectivity index (χ2v) is 17.2. The molecule has 4 heterocycles. The molecule has 4 aromatic carbocycles. The number of unbranched alkanes of at least 4 members (excludes halogenated alkanes) is 1.